The zero-order valence-corrected chi connectivity index (χ0v) is 13.9. The van der Waals surface area contributed by atoms with Crippen LogP contribution in [0.4, 0.5) is 0 Å². The predicted octanol–water partition coefficient (Wildman–Crippen LogP) is 1.81. The molecule has 21 heavy (non-hydrogen) atoms. The Morgan fingerprint density at radius 2 is 2.29 bits per heavy atom. The highest BCUT2D eigenvalue weighted by Crippen LogP contribution is 2.29. The van der Waals surface area contributed by atoms with Gasteiger partial charge in [-0.3, -0.25) is 0 Å². The number of thioether (sulfide) groups is 1. The van der Waals surface area contributed by atoms with Crippen LogP contribution in [-0.4, -0.2) is 49.0 Å². The molecule has 0 bridgehead atoms. The van der Waals surface area contributed by atoms with Crippen molar-refractivity contribution in [2.75, 3.05) is 25.2 Å². The maximum absolute atomic E-state index is 12.6. The first-order valence-electron chi connectivity index (χ1n) is 6.42. The Bertz CT molecular complexity index is 673. The van der Waals surface area contributed by atoms with Crippen molar-refractivity contribution in [3.05, 3.63) is 28.8 Å². The van der Waals surface area contributed by atoms with Crippen molar-refractivity contribution in [2.24, 2.45) is 0 Å². The van der Waals surface area contributed by atoms with Crippen LogP contribution in [0.5, 0.6) is 0 Å². The van der Waals surface area contributed by atoms with E-state index in [4.69, 9.17) is 16.7 Å². The van der Waals surface area contributed by atoms with Gasteiger partial charge in [-0.2, -0.15) is 16.1 Å². The lowest BCUT2D eigenvalue weighted by atomic mass is 10.2. The van der Waals surface area contributed by atoms with Crippen molar-refractivity contribution in [2.45, 2.75) is 17.4 Å². The number of halogens is 1. The molecule has 1 aromatic rings. The number of sulfonamides is 1. The van der Waals surface area contributed by atoms with Crippen molar-refractivity contribution in [1.82, 2.24) is 4.31 Å². The molecule has 1 aliphatic rings. The Hall–Kier alpha value is -0.710. The van der Waals surface area contributed by atoms with E-state index in [0.29, 0.717) is 5.56 Å². The summed E-state index contributed by atoms with van der Waals surface area (Å²) in [6.45, 7) is -0.250. The van der Waals surface area contributed by atoms with E-state index in [1.807, 2.05) is 0 Å². The third-order valence-electron chi connectivity index (χ3n) is 3.32. The topological polar surface area (TPSA) is 57.6 Å². The van der Waals surface area contributed by atoms with Crippen molar-refractivity contribution in [1.29, 1.82) is 0 Å². The summed E-state index contributed by atoms with van der Waals surface area (Å²) in [6.07, 6.45) is 0.859. The van der Waals surface area contributed by atoms with Crippen LogP contribution in [0, 0.1) is 11.8 Å². The van der Waals surface area contributed by atoms with Gasteiger partial charge < -0.3 is 5.11 Å². The Kier molecular flexibility index (Phi) is 5.58. The molecule has 1 saturated heterocycles. The van der Waals surface area contributed by atoms with Gasteiger partial charge in [-0.05, 0) is 30.4 Å². The minimum absolute atomic E-state index is 0.0184. The van der Waals surface area contributed by atoms with Crippen LogP contribution >= 0.6 is 23.4 Å². The maximum Gasteiger partial charge on any atom is 0.244 e. The summed E-state index contributed by atoms with van der Waals surface area (Å²) in [5, 5.41) is 8.81. The second-order valence-corrected chi connectivity index (χ2v) is 8.17. The van der Waals surface area contributed by atoms with Gasteiger partial charge in [-0.25, -0.2) is 8.42 Å². The second-order valence-electron chi connectivity index (χ2n) is 4.64. The molecule has 0 aliphatic carbocycles. The molecule has 4 nitrogen and oxygen atoms in total. The van der Waals surface area contributed by atoms with E-state index < -0.39 is 10.0 Å². The van der Waals surface area contributed by atoms with Gasteiger partial charge in [-0.1, -0.05) is 23.4 Å². The highest BCUT2D eigenvalue weighted by Gasteiger charge is 2.31. The molecule has 1 unspecified atom stereocenters. The molecule has 7 heteroatoms. The number of benzene rings is 1. The first-order valence-corrected chi connectivity index (χ1v) is 9.39. The van der Waals surface area contributed by atoms with E-state index in [1.54, 1.807) is 24.9 Å². The molecular weight excluding hydrogens is 330 g/mol. The fraction of sp³-hybridized carbons (Fsp3) is 0.429. The average Bonchev–Trinajstić information content (AvgIpc) is 2.98. The van der Waals surface area contributed by atoms with Crippen LogP contribution in [0.3, 0.4) is 0 Å². The summed E-state index contributed by atoms with van der Waals surface area (Å²) >= 11 is 7.86. The maximum atomic E-state index is 12.6. The lowest BCUT2D eigenvalue weighted by Crippen LogP contribution is -2.37. The number of aliphatic hydroxyl groups is 1. The molecule has 1 atom stereocenters. The average molecular weight is 346 g/mol. The standard InChI is InChI=1S/C14H16ClNO3S2/c1-16(12-6-8-20-10-12)21(18,19)14-5-4-11(3-2-7-17)9-13(14)15/h4-5,9,12,17H,6-8,10H2,1H3. The number of nitrogens with zero attached hydrogens (tertiary/aromatic N) is 1. The van der Waals surface area contributed by atoms with Gasteiger partial charge in [-0.15, -0.1) is 0 Å². The summed E-state index contributed by atoms with van der Waals surface area (Å²) in [4.78, 5) is 0.0955. The van der Waals surface area contributed by atoms with Gasteiger partial charge in [0.25, 0.3) is 0 Å². The normalized spacial score (nSPS) is 18.6. The fourth-order valence-electron chi connectivity index (χ4n) is 2.09. The molecule has 2 rings (SSSR count). The van der Waals surface area contributed by atoms with Crippen LogP contribution in [-0.2, 0) is 10.0 Å². The van der Waals surface area contributed by atoms with Gasteiger partial charge in [0, 0.05) is 24.4 Å². The number of hydrogen-bond donors (Lipinski definition) is 1. The molecule has 1 N–H and O–H groups in total. The van der Waals surface area contributed by atoms with E-state index in [0.717, 1.165) is 17.9 Å². The lowest BCUT2D eigenvalue weighted by molar-refractivity contribution is 0.350. The van der Waals surface area contributed by atoms with Crippen LogP contribution in [0.25, 0.3) is 0 Å². The summed E-state index contributed by atoms with van der Waals surface area (Å²) in [7, 11) is -2.00. The van der Waals surface area contributed by atoms with Crippen molar-refractivity contribution >= 4 is 33.4 Å². The summed E-state index contributed by atoms with van der Waals surface area (Å²) < 4.78 is 26.7. The lowest BCUT2D eigenvalue weighted by Gasteiger charge is -2.23. The molecule has 0 spiro atoms. The summed E-state index contributed by atoms with van der Waals surface area (Å²) in [5.41, 5.74) is 0.576. The zero-order chi connectivity index (χ0) is 15.5. The molecule has 1 aromatic carbocycles. The van der Waals surface area contributed by atoms with Crippen LogP contribution in [0.1, 0.15) is 12.0 Å². The minimum Gasteiger partial charge on any atom is -0.384 e. The molecule has 1 fully saturated rings. The number of rotatable bonds is 3. The number of aliphatic hydroxyl groups excluding tert-OH is 1. The quantitative estimate of drug-likeness (QED) is 0.849. The molecule has 114 valence electrons. The predicted molar refractivity (Wildman–Crippen MR) is 86.1 cm³/mol. The van der Waals surface area contributed by atoms with Gasteiger partial charge in [0.1, 0.15) is 11.5 Å². The fourth-order valence-corrected chi connectivity index (χ4v) is 5.35. The van der Waals surface area contributed by atoms with Gasteiger partial charge in [0.2, 0.25) is 10.0 Å². The van der Waals surface area contributed by atoms with E-state index in [1.165, 1.54) is 16.4 Å². The molecule has 1 aliphatic heterocycles. The Morgan fingerprint density at radius 3 is 2.86 bits per heavy atom. The highest BCUT2D eigenvalue weighted by atomic mass is 35.5. The first-order chi connectivity index (χ1) is 9.96. The summed E-state index contributed by atoms with van der Waals surface area (Å²) in [6, 6.07) is 4.59. The van der Waals surface area contributed by atoms with E-state index in [2.05, 4.69) is 11.8 Å². The highest BCUT2D eigenvalue weighted by molar-refractivity contribution is 7.99. The van der Waals surface area contributed by atoms with E-state index in [-0.39, 0.29) is 22.6 Å². The van der Waals surface area contributed by atoms with E-state index in [9.17, 15) is 8.42 Å². The number of hydrogen-bond acceptors (Lipinski definition) is 4. The molecular formula is C14H16ClNO3S2. The van der Waals surface area contributed by atoms with Crippen LogP contribution in [0.2, 0.25) is 5.02 Å². The molecule has 0 amide bonds. The minimum atomic E-state index is -3.60. The Balaban J connectivity index is 2.31. The van der Waals surface area contributed by atoms with Gasteiger partial charge >= 0.3 is 0 Å². The zero-order valence-electron chi connectivity index (χ0n) is 11.5. The molecule has 0 aromatic heterocycles. The smallest absolute Gasteiger partial charge is 0.244 e. The third-order valence-corrected chi connectivity index (χ3v) is 6.86. The monoisotopic (exact) mass is 345 g/mol. The van der Waals surface area contributed by atoms with Crippen molar-refractivity contribution < 1.29 is 13.5 Å². The van der Waals surface area contributed by atoms with Gasteiger partial charge in [0.05, 0.1) is 5.02 Å². The van der Waals surface area contributed by atoms with Crippen molar-refractivity contribution in [3.8, 4) is 11.8 Å². The Morgan fingerprint density at radius 1 is 1.52 bits per heavy atom. The third kappa shape index (κ3) is 3.74. The van der Waals surface area contributed by atoms with Crippen LogP contribution < -0.4 is 0 Å². The van der Waals surface area contributed by atoms with E-state index >= 15 is 0 Å². The summed E-state index contributed by atoms with van der Waals surface area (Å²) in [5.74, 6) is 7.00. The second kappa shape index (κ2) is 7.03. The van der Waals surface area contributed by atoms with Gasteiger partial charge in [0.15, 0.2) is 0 Å². The van der Waals surface area contributed by atoms with Crippen molar-refractivity contribution in [3.63, 3.8) is 0 Å². The largest absolute Gasteiger partial charge is 0.384 e. The Labute approximate surface area is 134 Å². The molecule has 0 saturated carbocycles. The molecule has 1 heterocycles. The molecule has 0 radical (unpaired) electrons. The first kappa shape index (κ1) is 16.7. The van der Waals surface area contributed by atoms with Crippen LogP contribution in [0.15, 0.2) is 23.1 Å². The SMILES string of the molecule is CN(C1CCSC1)S(=O)(=O)c1ccc(C#CCO)cc1Cl.